The number of rotatable bonds is 4. The summed E-state index contributed by atoms with van der Waals surface area (Å²) < 4.78 is 39.5. The molecule has 0 spiro atoms. The molecule has 0 saturated heterocycles. The second-order valence-electron chi connectivity index (χ2n) is 6.88. The van der Waals surface area contributed by atoms with Gasteiger partial charge in [-0.3, -0.25) is 0 Å². The molecule has 0 radical (unpaired) electrons. The summed E-state index contributed by atoms with van der Waals surface area (Å²) in [6, 6.07) is 10.7. The quantitative estimate of drug-likeness (QED) is 0.892. The van der Waals surface area contributed by atoms with Crippen LogP contribution >= 0.6 is 0 Å². The van der Waals surface area contributed by atoms with Gasteiger partial charge in [-0.05, 0) is 73.6 Å². The van der Waals surface area contributed by atoms with E-state index in [0.717, 1.165) is 30.4 Å². The normalized spacial score (nSPS) is 17.4. The van der Waals surface area contributed by atoms with E-state index in [1.807, 2.05) is 37.3 Å². The van der Waals surface area contributed by atoms with Gasteiger partial charge < -0.3 is 9.47 Å². The Kier molecular flexibility index (Phi) is 4.63. The first kappa shape index (κ1) is 17.4. The third-order valence-electron chi connectivity index (χ3n) is 5.03. The molecule has 4 rings (SSSR count). The Labute approximate surface area is 154 Å². The fraction of sp³-hybridized carbons (Fsp3) is 0.400. The van der Waals surface area contributed by atoms with Crippen LogP contribution in [0, 0.1) is 0 Å². The average Bonchev–Trinajstić information content (AvgIpc) is 2.67. The van der Waals surface area contributed by atoms with Crippen molar-refractivity contribution in [2.45, 2.75) is 43.5 Å². The van der Waals surface area contributed by atoms with E-state index >= 15 is 0 Å². The van der Waals surface area contributed by atoms with Crippen molar-refractivity contribution >= 4 is 10.0 Å². The van der Waals surface area contributed by atoms with Gasteiger partial charge in [0.2, 0.25) is 10.0 Å². The monoisotopic (exact) mass is 373 g/mol. The standard InChI is InChI=1S/C20H23NO4S/c1-14(16-7-9-19-20(13-16)25-11-10-24-19)21-26(22,23)18-8-6-15-4-2-3-5-17(15)12-18/h6-9,12-14,21H,2-5,10-11H2,1H3. The van der Waals surface area contributed by atoms with E-state index in [0.29, 0.717) is 29.6 Å². The summed E-state index contributed by atoms with van der Waals surface area (Å²) in [6.45, 7) is 2.87. The van der Waals surface area contributed by atoms with E-state index in [9.17, 15) is 8.42 Å². The van der Waals surface area contributed by atoms with Crippen molar-refractivity contribution < 1.29 is 17.9 Å². The average molecular weight is 373 g/mol. The summed E-state index contributed by atoms with van der Waals surface area (Å²) in [7, 11) is -3.58. The minimum atomic E-state index is -3.58. The SMILES string of the molecule is CC(NS(=O)(=O)c1ccc2c(c1)CCCC2)c1ccc2c(c1)OCCO2. The van der Waals surface area contributed by atoms with Gasteiger partial charge in [-0.25, -0.2) is 13.1 Å². The number of aryl methyl sites for hydroxylation is 2. The Morgan fingerprint density at radius 2 is 1.65 bits per heavy atom. The van der Waals surface area contributed by atoms with Crippen LogP contribution in [0.5, 0.6) is 11.5 Å². The van der Waals surface area contributed by atoms with Crippen LogP contribution in [0.3, 0.4) is 0 Å². The van der Waals surface area contributed by atoms with Crippen molar-refractivity contribution in [2.75, 3.05) is 13.2 Å². The lowest BCUT2D eigenvalue weighted by molar-refractivity contribution is 0.171. The van der Waals surface area contributed by atoms with E-state index in [1.165, 1.54) is 12.0 Å². The molecule has 2 aromatic rings. The van der Waals surface area contributed by atoms with Crippen LogP contribution in [-0.2, 0) is 22.9 Å². The van der Waals surface area contributed by atoms with Gasteiger partial charge in [0.15, 0.2) is 11.5 Å². The Morgan fingerprint density at radius 1 is 0.923 bits per heavy atom. The molecule has 6 heteroatoms. The predicted molar refractivity (Wildman–Crippen MR) is 99.3 cm³/mol. The maximum Gasteiger partial charge on any atom is 0.241 e. The Bertz CT molecular complexity index is 923. The van der Waals surface area contributed by atoms with Crippen LogP contribution < -0.4 is 14.2 Å². The van der Waals surface area contributed by atoms with E-state index in [4.69, 9.17) is 9.47 Å². The molecular weight excluding hydrogens is 350 g/mol. The highest BCUT2D eigenvalue weighted by molar-refractivity contribution is 7.89. The number of sulfonamides is 1. The molecule has 5 nitrogen and oxygen atoms in total. The molecule has 0 aromatic heterocycles. The summed E-state index contributed by atoms with van der Waals surface area (Å²) in [5.41, 5.74) is 3.27. The molecule has 1 aliphatic carbocycles. The van der Waals surface area contributed by atoms with Crippen molar-refractivity contribution in [3.8, 4) is 11.5 Å². The maximum atomic E-state index is 12.8. The third-order valence-corrected chi connectivity index (χ3v) is 6.57. The van der Waals surface area contributed by atoms with Crippen molar-refractivity contribution in [1.82, 2.24) is 4.72 Å². The van der Waals surface area contributed by atoms with Gasteiger partial charge in [0, 0.05) is 6.04 Å². The second kappa shape index (κ2) is 6.93. The highest BCUT2D eigenvalue weighted by Gasteiger charge is 2.22. The Morgan fingerprint density at radius 3 is 2.46 bits per heavy atom. The van der Waals surface area contributed by atoms with Gasteiger partial charge in [-0.15, -0.1) is 0 Å². The van der Waals surface area contributed by atoms with Crippen LogP contribution in [0.25, 0.3) is 0 Å². The molecule has 0 amide bonds. The molecule has 2 aliphatic rings. The topological polar surface area (TPSA) is 64.6 Å². The first-order valence-corrected chi connectivity index (χ1v) is 10.5. The van der Waals surface area contributed by atoms with Gasteiger partial charge in [0.25, 0.3) is 0 Å². The number of benzene rings is 2. The smallest absolute Gasteiger partial charge is 0.241 e. The van der Waals surface area contributed by atoms with E-state index < -0.39 is 10.0 Å². The van der Waals surface area contributed by atoms with Gasteiger partial charge >= 0.3 is 0 Å². The summed E-state index contributed by atoms with van der Waals surface area (Å²) >= 11 is 0. The third kappa shape index (κ3) is 3.44. The lowest BCUT2D eigenvalue weighted by Crippen LogP contribution is -2.27. The zero-order chi connectivity index (χ0) is 18.1. The minimum absolute atomic E-state index is 0.336. The summed E-state index contributed by atoms with van der Waals surface area (Å²) in [5, 5.41) is 0. The van der Waals surface area contributed by atoms with Gasteiger partial charge in [-0.2, -0.15) is 0 Å². The largest absolute Gasteiger partial charge is 0.486 e. The van der Waals surface area contributed by atoms with Crippen molar-refractivity contribution in [3.63, 3.8) is 0 Å². The first-order valence-electron chi connectivity index (χ1n) is 9.07. The minimum Gasteiger partial charge on any atom is -0.486 e. The summed E-state index contributed by atoms with van der Waals surface area (Å²) in [4.78, 5) is 0.336. The van der Waals surface area contributed by atoms with E-state index in [2.05, 4.69) is 4.72 Å². The molecule has 0 saturated carbocycles. The molecule has 26 heavy (non-hydrogen) atoms. The number of nitrogens with one attached hydrogen (secondary N) is 1. The lowest BCUT2D eigenvalue weighted by Gasteiger charge is -2.21. The zero-order valence-electron chi connectivity index (χ0n) is 14.8. The van der Waals surface area contributed by atoms with E-state index in [1.54, 1.807) is 6.07 Å². The molecule has 138 valence electrons. The van der Waals surface area contributed by atoms with Crippen LogP contribution in [0.1, 0.15) is 42.5 Å². The molecule has 1 N–H and O–H groups in total. The second-order valence-corrected chi connectivity index (χ2v) is 8.60. The molecule has 1 aliphatic heterocycles. The van der Waals surface area contributed by atoms with Crippen molar-refractivity contribution in [1.29, 1.82) is 0 Å². The molecule has 2 aromatic carbocycles. The number of hydrogen-bond acceptors (Lipinski definition) is 4. The molecule has 1 unspecified atom stereocenters. The molecular formula is C20H23NO4S. The molecule has 1 atom stereocenters. The lowest BCUT2D eigenvalue weighted by atomic mass is 9.92. The molecule has 1 heterocycles. The maximum absolute atomic E-state index is 12.8. The summed E-state index contributed by atoms with van der Waals surface area (Å²) in [6.07, 6.45) is 4.29. The number of fused-ring (bicyclic) bond motifs is 2. The van der Waals surface area contributed by atoms with Crippen LogP contribution in [0.15, 0.2) is 41.3 Å². The molecule has 0 fully saturated rings. The number of hydrogen-bond donors (Lipinski definition) is 1. The Balaban J connectivity index is 1.55. The number of ether oxygens (including phenoxy) is 2. The molecule has 0 bridgehead atoms. The van der Waals surface area contributed by atoms with Crippen molar-refractivity contribution in [2.24, 2.45) is 0 Å². The summed E-state index contributed by atoms with van der Waals surface area (Å²) in [5.74, 6) is 1.36. The van der Waals surface area contributed by atoms with Gasteiger partial charge in [0.1, 0.15) is 13.2 Å². The Hall–Kier alpha value is -2.05. The highest BCUT2D eigenvalue weighted by Crippen LogP contribution is 2.33. The van der Waals surface area contributed by atoms with Crippen LogP contribution in [-0.4, -0.2) is 21.6 Å². The van der Waals surface area contributed by atoms with E-state index in [-0.39, 0.29) is 6.04 Å². The van der Waals surface area contributed by atoms with Crippen molar-refractivity contribution in [3.05, 3.63) is 53.1 Å². The predicted octanol–water partition coefficient (Wildman–Crippen LogP) is 3.38. The zero-order valence-corrected chi connectivity index (χ0v) is 15.6. The fourth-order valence-corrected chi connectivity index (χ4v) is 4.86. The van der Waals surface area contributed by atoms with Crippen LogP contribution in [0.2, 0.25) is 0 Å². The van der Waals surface area contributed by atoms with Gasteiger partial charge in [-0.1, -0.05) is 12.1 Å². The fourth-order valence-electron chi connectivity index (χ4n) is 3.58. The first-order chi connectivity index (χ1) is 12.5. The van der Waals surface area contributed by atoms with Crippen LogP contribution in [0.4, 0.5) is 0 Å². The van der Waals surface area contributed by atoms with Gasteiger partial charge in [0.05, 0.1) is 4.90 Å². The highest BCUT2D eigenvalue weighted by atomic mass is 32.2.